The highest BCUT2D eigenvalue weighted by atomic mass is 16.5. The lowest BCUT2D eigenvalue weighted by molar-refractivity contribution is -0.150. The van der Waals surface area contributed by atoms with Gasteiger partial charge in [0.05, 0.1) is 0 Å². The quantitative estimate of drug-likeness (QED) is 0.728. The fourth-order valence-corrected chi connectivity index (χ4v) is 1.62. The molecule has 0 saturated heterocycles. The minimum Gasteiger partial charge on any atom is -0.484 e. The first-order chi connectivity index (χ1) is 9.92. The van der Waals surface area contributed by atoms with Crippen LogP contribution >= 0.6 is 0 Å². The average Bonchev–Trinajstić information content (AvgIpc) is 2.43. The summed E-state index contributed by atoms with van der Waals surface area (Å²) in [7, 11) is 0. The molecule has 0 aromatic heterocycles. The maximum Gasteiger partial charge on any atom is 0.323 e. The lowest BCUT2D eigenvalue weighted by Gasteiger charge is -2.18. The number of aliphatic carboxylic acids is 2. The van der Waals surface area contributed by atoms with Gasteiger partial charge in [-0.25, -0.2) is 0 Å². The topological polar surface area (TPSA) is 104 Å². The van der Waals surface area contributed by atoms with Crippen LogP contribution in [0.4, 0.5) is 0 Å². The molecule has 1 aromatic rings. The number of nitrogens with zero attached hydrogens (tertiary/aromatic N) is 1. The number of amides is 1. The molecule has 0 atom stereocenters. The minimum atomic E-state index is -1.28. The van der Waals surface area contributed by atoms with Crippen LogP contribution in [0, 0.1) is 0 Å². The molecule has 114 valence electrons. The molecule has 0 fully saturated rings. The van der Waals surface area contributed by atoms with Gasteiger partial charge in [0, 0.05) is 0 Å². The van der Waals surface area contributed by atoms with E-state index >= 15 is 0 Å². The molecule has 0 aliphatic carbocycles. The van der Waals surface area contributed by atoms with Crippen molar-refractivity contribution in [1.82, 2.24) is 4.90 Å². The van der Waals surface area contributed by atoms with Crippen molar-refractivity contribution < 1.29 is 29.3 Å². The van der Waals surface area contributed by atoms with Gasteiger partial charge < -0.3 is 19.8 Å². The molecule has 21 heavy (non-hydrogen) atoms. The minimum absolute atomic E-state index is 0.411. The monoisotopic (exact) mass is 295 g/mol. The Bertz CT molecular complexity index is 495. The second kappa shape index (κ2) is 7.88. The largest absolute Gasteiger partial charge is 0.484 e. The molecule has 0 saturated carbocycles. The summed E-state index contributed by atoms with van der Waals surface area (Å²) in [5.74, 6) is -2.79. The third kappa shape index (κ3) is 5.94. The Morgan fingerprint density at radius 2 is 1.57 bits per heavy atom. The number of hydrogen-bond donors (Lipinski definition) is 2. The third-order valence-corrected chi connectivity index (χ3v) is 2.70. The summed E-state index contributed by atoms with van der Waals surface area (Å²) in [6, 6.07) is 7.11. The molecular formula is C14H17NO6. The zero-order valence-corrected chi connectivity index (χ0v) is 11.6. The highest BCUT2D eigenvalue weighted by Gasteiger charge is 2.20. The summed E-state index contributed by atoms with van der Waals surface area (Å²) >= 11 is 0. The van der Waals surface area contributed by atoms with Gasteiger partial charge in [0.1, 0.15) is 18.8 Å². The van der Waals surface area contributed by atoms with Gasteiger partial charge in [0.25, 0.3) is 5.91 Å². The molecule has 1 aromatic carbocycles. The maximum absolute atomic E-state index is 11.8. The highest BCUT2D eigenvalue weighted by Crippen LogP contribution is 2.12. The molecule has 1 amide bonds. The van der Waals surface area contributed by atoms with E-state index in [2.05, 4.69) is 0 Å². The van der Waals surface area contributed by atoms with Crippen LogP contribution in [-0.4, -0.2) is 52.7 Å². The predicted octanol–water partition coefficient (Wildman–Crippen LogP) is 0.626. The smallest absolute Gasteiger partial charge is 0.323 e. The number of aryl methyl sites for hydroxylation is 1. The van der Waals surface area contributed by atoms with Gasteiger partial charge >= 0.3 is 11.9 Å². The second-order valence-corrected chi connectivity index (χ2v) is 4.32. The Morgan fingerprint density at radius 1 is 1.05 bits per heavy atom. The molecular weight excluding hydrogens is 278 g/mol. The van der Waals surface area contributed by atoms with Crippen LogP contribution in [0.15, 0.2) is 24.3 Å². The summed E-state index contributed by atoms with van der Waals surface area (Å²) in [6.45, 7) is 0.244. The van der Waals surface area contributed by atoms with E-state index in [1.54, 1.807) is 12.1 Å². The summed E-state index contributed by atoms with van der Waals surface area (Å²) in [6.07, 6.45) is 0.879. The number of carboxylic acid groups (broad SMARTS) is 2. The number of hydrogen-bond acceptors (Lipinski definition) is 4. The molecule has 1 rings (SSSR count). The molecule has 0 unspecified atom stereocenters. The number of ether oxygens (including phenoxy) is 1. The standard InChI is InChI=1S/C14H17NO6/c1-2-10-3-5-11(6-4-10)21-9-12(16)15(7-13(17)18)8-14(19)20/h3-6H,2,7-9H2,1H3,(H,17,18)(H,19,20). The first kappa shape index (κ1) is 16.5. The summed E-state index contributed by atoms with van der Waals surface area (Å²) in [5, 5.41) is 17.3. The molecule has 0 heterocycles. The van der Waals surface area contributed by atoms with Crippen molar-refractivity contribution in [3.8, 4) is 5.75 Å². The van der Waals surface area contributed by atoms with Crippen molar-refractivity contribution in [2.75, 3.05) is 19.7 Å². The van der Waals surface area contributed by atoms with E-state index in [1.165, 1.54) is 0 Å². The van der Waals surface area contributed by atoms with E-state index in [0.29, 0.717) is 10.6 Å². The Hall–Kier alpha value is -2.57. The summed E-state index contributed by atoms with van der Waals surface area (Å²) in [5.41, 5.74) is 1.12. The number of carbonyl (C=O) groups excluding carboxylic acids is 1. The molecule has 0 aliphatic heterocycles. The number of carboxylic acids is 2. The van der Waals surface area contributed by atoms with E-state index in [4.69, 9.17) is 14.9 Å². The Kier molecular flexibility index (Phi) is 6.19. The van der Waals surface area contributed by atoms with Crippen molar-refractivity contribution in [2.45, 2.75) is 13.3 Å². The molecule has 0 aliphatic rings. The van der Waals surface area contributed by atoms with Crippen LogP contribution in [0.2, 0.25) is 0 Å². The predicted molar refractivity (Wildman–Crippen MR) is 73.2 cm³/mol. The number of rotatable bonds is 8. The Morgan fingerprint density at radius 3 is 2.00 bits per heavy atom. The van der Waals surface area contributed by atoms with Crippen LogP contribution in [0.5, 0.6) is 5.75 Å². The van der Waals surface area contributed by atoms with Gasteiger partial charge in [-0.2, -0.15) is 0 Å². The first-order valence-electron chi connectivity index (χ1n) is 6.35. The molecule has 0 radical (unpaired) electrons. The number of benzene rings is 1. The second-order valence-electron chi connectivity index (χ2n) is 4.32. The van der Waals surface area contributed by atoms with Gasteiger partial charge in [-0.05, 0) is 24.1 Å². The zero-order chi connectivity index (χ0) is 15.8. The van der Waals surface area contributed by atoms with Crippen molar-refractivity contribution >= 4 is 17.8 Å². The molecule has 0 spiro atoms. The highest BCUT2D eigenvalue weighted by molar-refractivity contribution is 5.85. The molecule has 7 nitrogen and oxygen atoms in total. The van der Waals surface area contributed by atoms with Crippen LogP contribution < -0.4 is 4.74 Å². The fraction of sp³-hybridized carbons (Fsp3) is 0.357. The van der Waals surface area contributed by atoms with E-state index in [1.807, 2.05) is 19.1 Å². The zero-order valence-electron chi connectivity index (χ0n) is 11.6. The van der Waals surface area contributed by atoms with E-state index in [9.17, 15) is 14.4 Å². The van der Waals surface area contributed by atoms with Crippen molar-refractivity contribution in [2.24, 2.45) is 0 Å². The Balaban J connectivity index is 2.59. The third-order valence-electron chi connectivity index (χ3n) is 2.70. The Labute approximate surface area is 121 Å². The molecule has 7 heteroatoms. The van der Waals surface area contributed by atoms with Gasteiger partial charge in [-0.1, -0.05) is 19.1 Å². The summed E-state index contributed by atoms with van der Waals surface area (Å²) < 4.78 is 5.23. The van der Waals surface area contributed by atoms with Gasteiger partial charge in [0.15, 0.2) is 6.61 Å². The van der Waals surface area contributed by atoms with Crippen LogP contribution in [-0.2, 0) is 20.8 Å². The first-order valence-corrected chi connectivity index (χ1v) is 6.35. The normalized spacial score (nSPS) is 9.95. The SMILES string of the molecule is CCc1ccc(OCC(=O)N(CC(=O)O)CC(=O)O)cc1. The van der Waals surface area contributed by atoms with Crippen LogP contribution in [0.3, 0.4) is 0 Å². The summed E-state index contributed by atoms with van der Waals surface area (Å²) in [4.78, 5) is 33.7. The molecule has 0 bridgehead atoms. The van der Waals surface area contributed by atoms with Crippen molar-refractivity contribution in [3.63, 3.8) is 0 Å². The lowest BCUT2D eigenvalue weighted by Crippen LogP contribution is -2.41. The van der Waals surface area contributed by atoms with E-state index in [-0.39, 0.29) is 0 Å². The number of carbonyl (C=O) groups is 3. The van der Waals surface area contributed by atoms with Crippen molar-refractivity contribution in [1.29, 1.82) is 0 Å². The molecule has 2 N–H and O–H groups in total. The van der Waals surface area contributed by atoms with Crippen LogP contribution in [0.1, 0.15) is 12.5 Å². The van der Waals surface area contributed by atoms with Gasteiger partial charge in [-0.3, -0.25) is 14.4 Å². The average molecular weight is 295 g/mol. The van der Waals surface area contributed by atoms with Gasteiger partial charge in [-0.15, -0.1) is 0 Å². The van der Waals surface area contributed by atoms with Crippen molar-refractivity contribution in [3.05, 3.63) is 29.8 Å². The maximum atomic E-state index is 11.8. The van der Waals surface area contributed by atoms with E-state index < -0.39 is 37.5 Å². The van der Waals surface area contributed by atoms with E-state index in [0.717, 1.165) is 12.0 Å². The van der Waals surface area contributed by atoms with Crippen LogP contribution in [0.25, 0.3) is 0 Å². The fourth-order valence-electron chi connectivity index (χ4n) is 1.62. The van der Waals surface area contributed by atoms with Gasteiger partial charge in [0.2, 0.25) is 0 Å². The lowest BCUT2D eigenvalue weighted by atomic mass is 10.2.